The van der Waals surface area contributed by atoms with E-state index in [1.54, 1.807) is 0 Å². The van der Waals surface area contributed by atoms with Crippen LogP contribution in [0.1, 0.15) is 43.6 Å². The van der Waals surface area contributed by atoms with Crippen LogP contribution < -0.4 is 0 Å². The zero-order valence-electron chi connectivity index (χ0n) is 8.00. The number of hydrogen-bond donors (Lipinski definition) is 1. The second-order valence-corrected chi connectivity index (χ2v) is 3.58. The summed E-state index contributed by atoms with van der Waals surface area (Å²) in [5, 5.41) is 8.61. The molecule has 1 heterocycles. The van der Waals surface area contributed by atoms with Crippen molar-refractivity contribution in [1.82, 2.24) is 4.98 Å². The summed E-state index contributed by atoms with van der Waals surface area (Å²) in [7, 11) is 0. The fourth-order valence-corrected chi connectivity index (χ4v) is 0.834. The molecule has 0 fully saturated rings. The maximum Gasteiger partial charge on any atom is 0.357 e. The summed E-state index contributed by atoms with van der Waals surface area (Å²) in [6.07, 6.45) is 2.03. The number of oxazole rings is 1. The van der Waals surface area contributed by atoms with Gasteiger partial charge in [-0.3, -0.25) is 0 Å². The Labute approximate surface area is 76.6 Å². The molecule has 0 spiro atoms. The highest BCUT2D eigenvalue weighted by Crippen LogP contribution is 2.25. The molecule has 1 rings (SSSR count). The molecule has 0 radical (unpaired) electrons. The first-order chi connectivity index (χ1) is 5.97. The molecule has 1 aromatic heterocycles. The molecule has 0 aromatic carbocycles. The first-order valence-corrected chi connectivity index (χ1v) is 4.16. The Morgan fingerprint density at radius 3 is 2.69 bits per heavy atom. The Bertz CT molecular complexity index is 314. The topological polar surface area (TPSA) is 63.3 Å². The molecule has 1 aromatic rings. The summed E-state index contributed by atoms with van der Waals surface area (Å²) < 4.78 is 5.09. The molecule has 0 saturated heterocycles. The largest absolute Gasteiger partial charge is 0.476 e. The third kappa shape index (κ3) is 1.88. The van der Waals surface area contributed by atoms with Crippen molar-refractivity contribution < 1.29 is 14.3 Å². The van der Waals surface area contributed by atoms with Crippen molar-refractivity contribution in [2.45, 2.75) is 32.6 Å². The number of hydrogen-bond acceptors (Lipinski definition) is 3. The van der Waals surface area contributed by atoms with Crippen molar-refractivity contribution in [3.63, 3.8) is 0 Å². The Morgan fingerprint density at radius 2 is 2.31 bits per heavy atom. The van der Waals surface area contributed by atoms with Gasteiger partial charge in [0.05, 0.1) is 0 Å². The summed E-state index contributed by atoms with van der Waals surface area (Å²) in [6, 6.07) is 0. The fourth-order valence-electron chi connectivity index (χ4n) is 0.834. The van der Waals surface area contributed by atoms with E-state index in [2.05, 4.69) is 4.98 Å². The van der Waals surface area contributed by atoms with Crippen LogP contribution in [0.4, 0.5) is 0 Å². The summed E-state index contributed by atoms with van der Waals surface area (Å²) in [5.41, 5.74) is -0.232. The second kappa shape index (κ2) is 3.20. The minimum atomic E-state index is -1.05. The van der Waals surface area contributed by atoms with Crippen LogP contribution in [-0.4, -0.2) is 16.1 Å². The number of aromatic carboxylic acids is 1. The molecule has 0 saturated carbocycles. The van der Waals surface area contributed by atoms with E-state index in [1.807, 2.05) is 20.8 Å². The number of carboxylic acid groups (broad SMARTS) is 1. The quantitative estimate of drug-likeness (QED) is 0.779. The van der Waals surface area contributed by atoms with Gasteiger partial charge in [-0.1, -0.05) is 20.8 Å². The molecule has 1 N–H and O–H groups in total. The lowest BCUT2D eigenvalue weighted by Gasteiger charge is -2.16. The maximum absolute atomic E-state index is 10.5. The predicted molar refractivity (Wildman–Crippen MR) is 46.8 cm³/mol. The molecule has 0 aliphatic rings. The van der Waals surface area contributed by atoms with Gasteiger partial charge >= 0.3 is 5.97 Å². The van der Waals surface area contributed by atoms with Crippen LogP contribution in [0.2, 0.25) is 0 Å². The van der Waals surface area contributed by atoms with Crippen LogP contribution in [0.3, 0.4) is 0 Å². The van der Waals surface area contributed by atoms with Gasteiger partial charge in [0.1, 0.15) is 6.26 Å². The predicted octanol–water partition coefficient (Wildman–Crippen LogP) is 2.06. The summed E-state index contributed by atoms with van der Waals surface area (Å²) in [5.74, 6) is -0.575. The number of carbonyl (C=O) groups is 1. The molecule has 72 valence electrons. The lowest BCUT2D eigenvalue weighted by Crippen LogP contribution is -2.16. The van der Waals surface area contributed by atoms with Crippen LogP contribution in [0.25, 0.3) is 0 Å². The van der Waals surface area contributed by atoms with Crippen LogP contribution in [-0.2, 0) is 5.41 Å². The van der Waals surface area contributed by atoms with Crippen molar-refractivity contribution in [2.75, 3.05) is 0 Å². The normalized spacial score (nSPS) is 11.6. The average Bonchev–Trinajstić information content (AvgIpc) is 2.52. The van der Waals surface area contributed by atoms with E-state index in [-0.39, 0.29) is 11.1 Å². The molecule has 0 aliphatic heterocycles. The minimum absolute atomic E-state index is 0.0310. The number of rotatable bonds is 3. The molecule has 0 bridgehead atoms. The van der Waals surface area contributed by atoms with Crippen LogP contribution in [0.15, 0.2) is 10.7 Å². The highest BCUT2D eigenvalue weighted by Gasteiger charge is 2.25. The van der Waals surface area contributed by atoms with Gasteiger partial charge < -0.3 is 9.52 Å². The van der Waals surface area contributed by atoms with E-state index in [0.717, 1.165) is 6.42 Å². The molecule has 4 heteroatoms. The van der Waals surface area contributed by atoms with Crippen LogP contribution >= 0.6 is 0 Å². The van der Waals surface area contributed by atoms with Crippen molar-refractivity contribution >= 4 is 5.97 Å². The highest BCUT2D eigenvalue weighted by atomic mass is 16.4. The van der Waals surface area contributed by atoms with E-state index >= 15 is 0 Å². The summed E-state index contributed by atoms with van der Waals surface area (Å²) in [6.45, 7) is 5.93. The Balaban J connectivity index is 2.98. The van der Waals surface area contributed by atoms with Gasteiger partial charge in [-0.15, -0.1) is 0 Å². The zero-order valence-corrected chi connectivity index (χ0v) is 8.00. The van der Waals surface area contributed by atoms with Crippen LogP contribution in [0, 0.1) is 0 Å². The first-order valence-electron chi connectivity index (χ1n) is 4.16. The van der Waals surface area contributed by atoms with Gasteiger partial charge in [-0.2, -0.15) is 0 Å². The van der Waals surface area contributed by atoms with E-state index in [4.69, 9.17) is 9.52 Å². The van der Waals surface area contributed by atoms with Crippen molar-refractivity contribution in [1.29, 1.82) is 0 Å². The molecule has 0 amide bonds. The van der Waals surface area contributed by atoms with E-state index in [1.165, 1.54) is 6.26 Å². The van der Waals surface area contributed by atoms with Gasteiger partial charge in [-0.05, 0) is 6.42 Å². The van der Waals surface area contributed by atoms with Gasteiger partial charge in [-0.25, -0.2) is 9.78 Å². The van der Waals surface area contributed by atoms with Crippen molar-refractivity contribution in [3.8, 4) is 0 Å². The monoisotopic (exact) mass is 183 g/mol. The lowest BCUT2D eigenvalue weighted by atomic mass is 9.90. The third-order valence-electron chi connectivity index (χ3n) is 2.19. The standard InChI is InChI=1S/C9H13NO3/c1-4-9(2,3)8-10-6(5-13-8)7(11)12/h5H,4H2,1-3H3,(H,11,12). The minimum Gasteiger partial charge on any atom is -0.476 e. The molecule has 0 aliphatic carbocycles. The van der Waals surface area contributed by atoms with Gasteiger partial charge in [0.2, 0.25) is 0 Å². The fraction of sp³-hybridized carbons (Fsp3) is 0.556. The molecule has 13 heavy (non-hydrogen) atoms. The molecular formula is C9H13NO3. The summed E-state index contributed by atoms with van der Waals surface area (Å²) >= 11 is 0. The van der Waals surface area contributed by atoms with E-state index in [0.29, 0.717) is 5.89 Å². The smallest absolute Gasteiger partial charge is 0.357 e. The van der Waals surface area contributed by atoms with Crippen molar-refractivity contribution in [3.05, 3.63) is 17.8 Å². The van der Waals surface area contributed by atoms with Gasteiger partial charge in [0, 0.05) is 5.41 Å². The van der Waals surface area contributed by atoms with Gasteiger partial charge in [0.15, 0.2) is 11.6 Å². The Hall–Kier alpha value is -1.32. The molecule has 4 nitrogen and oxygen atoms in total. The number of nitrogens with zero attached hydrogens (tertiary/aromatic N) is 1. The second-order valence-electron chi connectivity index (χ2n) is 3.58. The number of carboxylic acids is 1. The Morgan fingerprint density at radius 1 is 1.69 bits per heavy atom. The van der Waals surface area contributed by atoms with Crippen LogP contribution in [0.5, 0.6) is 0 Å². The molecular weight excluding hydrogens is 170 g/mol. The maximum atomic E-state index is 10.5. The Kier molecular flexibility index (Phi) is 2.40. The van der Waals surface area contributed by atoms with E-state index < -0.39 is 5.97 Å². The lowest BCUT2D eigenvalue weighted by molar-refractivity contribution is 0.0690. The molecule has 0 atom stereocenters. The first kappa shape index (κ1) is 9.77. The SMILES string of the molecule is CCC(C)(C)c1nc(C(=O)O)co1. The summed E-state index contributed by atoms with van der Waals surface area (Å²) in [4.78, 5) is 14.4. The van der Waals surface area contributed by atoms with E-state index in [9.17, 15) is 4.79 Å². The third-order valence-corrected chi connectivity index (χ3v) is 2.19. The van der Waals surface area contributed by atoms with Crippen molar-refractivity contribution in [2.24, 2.45) is 0 Å². The van der Waals surface area contributed by atoms with Gasteiger partial charge in [0.25, 0.3) is 0 Å². The number of aromatic nitrogens is 1. The average molecular weight is 183 g/mol. The highest BCUT2D eigenvalue weighted by molar-refractivity contribution is 5.84. The molecule has 0 unspecified atom stereocenters. The zero-order chi connectivity index (χ0) is 10.1.